The summed E-state index contributed by atoms with van der Waals surface area (Å²) in [5.74, 6) is -0.953. The highest BCUT2D eigenvalue weighted by Crippen LogP contribution is 2.13. The Kier molecular flexibility index (Phi) is 3.42. The van der Waals surface area contributed by atoms with E-state index in [0.717, 1.165) is 5.56 Å². The largest absolute Gasteiger partial charge is 0.478 e. The van der Waals surface area contributed by atoms with Gasteiger partial charge in [-0.1, -0.05) is 29.8 Å². The number of carbonyl (C=O) groups is 1. The number of carboxylic acid groups (broad SMARTS) is 1. The Morgan fingerprint density at radius 1 is 1.50 bits per heavy atom. The summed E-state index contributed by atoms with van der Waals surface area (Å²) >= 11 is 0. The van der Waals surface area contributed by atoms with Crippen LogP contribution >= 0.6 is 0 Å². The van der Waals surface area contributed by atoms with E-state index in [0.29, 0.717) is 5.56 Å². The number of hydrogen-bond donors (Lipinski definition) is 2. The van der Waals surface area contributed by atoms with Crippen molar-refractivity contribution in [1.82, 2.24) is 0 Å². The third-order valence-electron chi connectivity index (χ3n) is 1.84. The van der Waals surface area contributed by atoms with E-state index in [4.69, 9.17) is 10.2 Å². The topological polar surface area (TPSA) is 57.5 Å². The van der Waals surface area contributed by atoms with Gasteiger partial charge >= 0.3 is 5.97 Å². The molecule has 0 saturated carbocycles. The smallest absolute Gasteiger partial charge is 0.336 e. The summed E-state index contributed by atoms with van der Waals surface area (Å²) in [5, 5.41) is 17.5. The van der Waals surface area contributed by atoms with E-state index in [2.05, 4.69) is 0 Å². The first-order valence-electron chi connectivity index (χ1n) is 4.26. The first-order chi connectivity index (χ1) is 6.65. The molecule has 0 unspecified atom stereocenters. The van der Waals surface area contributed by atoms with Crippen molar-refractivity contribution in [1.29, 1.82) is 0 Å². The molecule has 0 fully saturated rings. The average molecular weight is 192 g/mol. The van der Waals surface area contributed by atoms with Crippen LogP contribution < -0.4 is 0 Å². The Bertz CT molecular complexity index is 367. The second-order valence-electron chi connectivity index (χ2n) is 2.98. The maximum atomic E-state index is 10.8. The molecule has 0 aromatic heterocycles. The summed E-state index contributed by atoms with van der Waals surface area (Å²) in [5.41, 5.74) is 1.77. The van der Waals surface area contributed by atoms with Crippen LogP contribution in [-0.2, 0) is 0 Å². The van der Waals surface area contributed by atoms with E-state index in [9.17, 15) is 4.79 Å². The molecule has 3 heteroatoms. The fourth-order valence-electron chi connectivity index (χ4n) is 1.18. The molecule has 0 bridgehead atoms. The van der Waals surface area contributed by atoms with Crippen LogP contribution in [0.25, 0.3) is 6.08 Å². The highest BCUT2D eigenvalue weighted by Gasteiger charge is 2.07. The number of aliphatic hydroxyl groups is 1. The van der Waals surface area contributed by atoms with Gasteiger partial charge in [-0.05, 0) is 18.6 Å². The molecule has 1 aromatic carbocycles. The third kappa shape index (κ3) is 2.44. The van der Waals surface area contributed by atoms with Crippen molar-refractivity contribution in [3.8, 4) is 0 Å². The van der Waals surface area contributed by atoms with E-state index in [1.165, 1.54) is 6.08 Å². The van der Waals surface area contributed by atoms with E-state index < -0.39 is 5.97 Å². The Labute approximate surface area is 82.3 Å². The molecular weight excluding hydrogens is 180 g/mol. The number of rotatable bonds is 3. The molecule has 1 rings (SSSR count). The van der Waals surface area contributed by atoms with Crippen LogP contribution in [0.5, 0.6) is 0 Å². The monoisotopic (exact) mass is 192 g/mol. The summed E-state index contributed by atoms with van der Waals surface area (Å²) in [6.45, 7) is 1.75. The predicted molar refractivity (Wildman–Crippen MR) is 54.3 cm³/mol. The van der Waals surface area contributed by atoms with Gasteiger partial charge in [-0.3, -0.25) is 0 Å². The average Bonchev–Trinajstić information content (AvgIpc) is 2.15. The zero-order valence-corrected chi connectivity index (χ0v) is 7.90. The number of aliphatic hydroxyl groups excluding tert-OH is 1. The van der Waals surface area contributed by atoms with Crippen molar-refractivity contribution in [2.24, 2.45) is 0 Å². The summed E-state index contributed by atoms with van der Waals surface area (Å²) in [7, 11) is 0. The molecule has 0 amide bonds. The van der Waals surface area contributed by atoms with Crippen LogP contribution in [0.15, 0.2) is 24.3 Å². The zero-order chi connectivity index (χ0) is 10.6. The number of carboxylic acids is 1. The van der Waals surface area contributed by atoms with Crippen LogP contribution in [0.2, 0.25) is 0 Å². The van der Waals surface area contributed by atoms with Gasteiger partial charge < -0.3 is 10.2 Å². The molecule has 0 aliphatic heterocycles. The van der Waals surface area contributed by atoms with Crippen molar-refractivity contribution in [3.63, 3.8) is 0 Å². The zero-order valence-electron chi connectivity index (χ0n) is 7.90. The van der Waals surface area contributed by atoms with Crippen LogP contribution in [-0.4, -0.2) is 22.8 Å². The van der Waals surface area contributed by atoms with E-state index >= 15 is 0 Å². The van der Waals surface area contributed by atoms with Gasteiger partial charge in [-0.15, -0.1) is 0 Å². The van der Waals surface area contributed by atoms with Crippen molar-refractivity contribution >= 4 is 12.0 Å². The molecule has 2 N–H and O–H groups in total. The highest BCUT2D eigenvalue weighted by molar-refractivity contribution is 5.92. The highest BCUT2D eigenvalue weighted by atomic mass is 16.4. The van der Waals surface area contributed by atoms with Crippen molar-refractivity contribution in [3.05, 3.63) is 41.0 Å². The molecule has 0 radical (unpaired) electrons. The molecule has 0 aliphatic rings. The minimum absolute atomic E-state index is 0.0903. The number of benzene rings is 1. The maximum Gasteiger partial charge on any atom is 0.336 e. The van der Waals surface area contributed by atoms with E-state index in [1.54, 1.807) is 18.2 Å². The lowest BCUT2D eigenvalue weighted by atomic mass is 10.0. The minimum atomic E-state index is -0.953. The van der Waals surface area contributed by atoms with Crippen LogP contribution in [0, 0.1) is 6.92 Å². The van der Waals surface area contributed by atoms with Crippen LogP contribution in [0.4, 0.5) is 0 Å². The second kappa shape index (κ2) is 4.58. The normalized spacial score (nSPS) is 10.7. The van der Waals surface area contributed by atoms with Gasteiger partial charge in [-0.25, -0.2) is 4.79 Å². The van der Waals surface area contributed by atoms with Crippen LogP contribution in [0.1, 0.15) is 21.5 Å². The molecule has 1 aromatic rings. The minimum Gasteiger partial charge on any atom is -0.478 e. The van der Waals surface area contributed by atoms with Gasteiger partial charge in [0.2, 0.25) is 0 Å². The lowest BCUT2D eigenvalue weighted by Crippen LogP contribution is -1.99. The molecule has 0 aliphatic carbocycles. The molecule has 14 heavy (non-hydrogen) atoms. The molecule has 0 saturated heterocycles. The summed E-state index contributed by atoms with van der Waals surface area (Å²) in [6.07, 6.45) is 3.11. The summed E-state index contributed by atoms with van der Waals surface area (Å²) < 4.78 is 0. The molecule has 74 valence electrons. The maximum absolute atomic E-state index is 10.8. The van der Waals surface area contributed by atoms with Crippen LogP contribution in [0.3, 0.4) is 0 Å². The van der Waals surface area contributed by atoms with Gasteiger partial charge in [0.25, 0.3) is 0 Å². The number of aromatic carboxylic acids is 1. The number of hydrogen-bond acceptors (Lipinski definition) is 2. The SMILES string of the molecule is Cc1ccc(C=CCO)c(C(=O)O)c1. The molecule has 0 spiro atoms. The number of aryl methyl sites for hydroxylation is 1. The van der Waals surface area contributed by atoms with Gasteiger partial charge in [-0.2, -0.15) is 0 Å². The quantitative estimate of drug-likeness (QED) is 0.766. The Morgan fingerprint density at radius 2 is 2.21 bits per heavy atom. The summed E-state index contributed by atoms with van der Waals surface area (Å²) in [4.78, 5) is 10.8. The van der Waals surface area contributed by atoms with Crippen molar-refractivity contribution in [2.45, 2.75) is 6.92 Å². The Hall–Kier alpha value is -1.61. The molecule has 3 nitrogen and oxygen atoms in total. The molecule has 0 atom stereocenters. The molecule has 0 heterocycles. The van der Waals surface area contributed by atoms with Crippen molar-refractivity contribution < 1.29 is 15.0 Å². The van der Waals surface area contributed by atoms with E-state index in [1.807, 2.05) is 13.0 Å². The van der Waals surface area contributed by atoms with Gasteiger partial charge in [0.1, 0.15) is 0 Å². The van der Waals surface area contributed by atoms with Gasteiger partial charge in [0.05, 0.1) is 12.2 Å². The standard InChI is InChI=1S/C11H12O3/c1-8-4-5-9(3-2-6-12)10(7-8)11(13)14/h2-5,7,12H,6H2,1H3,(H,13,14). The van der Waals surface area contributed by atoms with E-state index in [-0.39, 0.29) is 12.2 Å². The fourth-order valence-corrected chi connectivity index (χ4v) is 1.18. The molecular formula is C11H12O3. The Morgan fingerprint density at radius 3 is 2.79 bits per heavy atom. The second-order valence-corrected chi connectivity index (χ2v) is 2.98. The van der Waals surface area contributed by atoms with Gasteiger partial charge in [0.15, 0.2) is 0 Å². The summed E-state index contributed by atoms with van der Waals surface area (Å²) in [6, 6.07) is 5.17. The predicted octanol–water partition coefficient (Wildman–Crippen LogP) is 1.70. The first-order valence-corrected chi connectivity index (χ1v) is 4.26. The Balaban J connectivity index is 3.15. The lowest BCUT2D eigenvalue weighted by Gasteiger charge is -2.02. The van der Waals surface area contributed by atoms with Gasteiger partial charge in [0, 0.05) is 0 Å². The fraction of sp³-hybridized carbons (Fsp3) is 0.182. The lowest BCUT2D eigenvalue weighted by molar-refractivity contribution is 0.0696. The third-order valence-corrected chi connectivity index (χ3v) is 1.84. The van der Waals surface area contributed by atoms with Crippen molar-refractivity contribution in [2.75, 3.05) is 6.61 Å². The first kappa shape index (κ1) is 10.5.